The number of aliphatic imine (C=N–C) groups is 1. The molecule has 2 aliphatic carbocycles. The molecule has 8 nitrogen and oxygen atoms in total. The van der Waals surface area contributed by atoms with Crippen LogP contribution in [-0.2, 0) is 22.4 Å². The zero-order valence-electron chi connectivity index (χ0n) is 20.2. The first-order chi connectivity index (χ1) is 16.6. The number of aryl methyl sites for hydroxylation is 1. The fourth-order valence-electron chi connectivity index (χ4n) is 4.94. The highest BCUT2D eigenvalue weighted by Gasteiger charge is 2.37. The maximum absolute atomic E-state index is 13.2. The molecule has 2 N–H and O–H groups in total. The Kier molecular flexibility index (Phi) is 6.74. The van der Waals surface area contributed by atoms with E-state index in [1.807, 2.05) is 44.2 Å². The number of hydrogen-bond acceptors (Lipinski definition) is 7. The Morgan fingerprint density at radius 2 is 1.86 bits per heavy atom. The molecule has 1 aromatic carbocycles. The third kappa shape index (κ3) is 5.26. The first-order valence-corrected chi connectivity index (χ1v) is 11.9. The Hall–Kier alpha value is -3.55. The molecule has 0 radical (unpaired) electrons. The number of ketones is 2. The summed E-state index contributed by atoms with van der Waals surface area (Å²) in [7, 11) is 0. The van der Waals surface area contributed by atoms with Gasteiger partial charge in [0.1, 0.15) is 17.6 Å². The summed E-state index contributed by atoms with van der Waals surface area (Å²) in [6.45, 7) is 5.45. The molecule has 1 fully saturated rings. The van der Waals surface area contributed by atoms with Crippen LogP contribution in [0.2, 0.25) is 0 Å². The number of aliphatic hydroxyl groups excluding tert-OH is 1. The molecular weight excluding hydrogens is 448 g/mol. The van der Waals surface area contributed by atoms with Crippen LogP contribution in [-0.4, -0.2) is 44.7 Å². The van der Waals surface area contributed by atoms with Crippen molar-refractivity contribution in [3.8, 4) is 0 Å². The summed E-state index contributed by atoms with van der Waals surface area (Å²) in [5.41, 5.74) is 2.09. The molecule has 2 aromatic rings. The standard InChI is InChI=1S/C27H30N2O6/c1-15(26(33)34)28-19-11-17(16-7-5-4-6-8-16)12-21(31)24(19)20(30)10-9-18-25-22(32)13-27(2,3)14-23(25)35-29-18/h4-8,15,17,30H,9-14H2,1-3H3,(H,33,34)/b24-20-,28-19?. The highest BCUT2D eigenvalue weighted by molar-refractivity contribution is 6.25. The van der Waals surface area contributed by atoms with Crippen LogP contribution < -0.4 is 0 Å². The molecule has 1 aromatic heterocycles. The molecule has 1 heterocycles. The molecule has 0 aliphatic heterocycles. The number of nitrogens with zero attached hydrogens (tertiary/aromatic N) is 2. The molecule has 184 valence electrons. The van der Waals surface area contributed by atoms with E-state index in [1.54, 1.807) is 0 Å². The summed E-state index contributed by atoms with van der Waals surface area (Å²) in [6, 6.07) is 8.47. The number of rotatable bonds is 6. The molecule has 0 spiro atoms. The monoisotopic (exact) mass is 478 g/mol. The minimum Gasteiger partial charge on any atom is -0.511 e. The number of fused-ring (bicyclic) bond motifs is 1. The molecule has 0 saturated heterocycles. The lowest BCUT2D eigenvalue weighted by molar-refractivity contribution is -0.138. The van der Waals surface area contributed by atoms with Gasteiger partial charge >= 0.3 is 5.97 Å². The van der Waals surface area contributed by atoms with Crippen LogP contribution in [0.3, 0.4) is 0 Å². The maximum atomic E-state index is 13.2. The third-order valence-corrected chi connectivity index (χ3v) is 6.69. The van der Waals surface area contributed by atoms with E-state index in [4.69, 9.17) is 4.52 Å². The number of Topliss-reactive ketones (excluding diaryl/α,β-unsaturated/α-hetero) is 2. The molecule has 35 heavy (non-hydrogen) atoms. The molecular formula is C27H30N2O6. The van der Waals surface area contributed by atoms with E-state index >= 15 is 0 Å². The number of carbonyl (C=O) groups excluding carboxylic acids is 2. The lowest BCUT2D eigenvalue weighted by Crippen LogP contribution is -2.29. The fourth-order valence-corrected chi connectivity index (χ4v) is 4.94. The molecule has 8 heteroatoms. The summed E-state index contributed by atoms with van der Waals surface area (Å²) in [6.07, 6.45) is 1.82. The predicted molar refractivity (Wildman–Crippen MR) is 129 cm³/mol. The van der Waals surface area contributed by atoms with Crippen molar-refractivity contribution >= 4 is 23.2 Å². The number of carboxylic acids is 1. The van der Waals surface area contributed by atoms with Crippen LogP contribution in [0.25, 0.3) is 0 Å². The lowest BCUT2D eigenvalue weighted by atomic mass is 9.76. The van der Waals surface area contributed by atoms with Gasteiger partial charge in [-0.1, -0.05) is 49.3 Å². The normalized spacial score (nSPS) is 23.2. The van der Waals surface area contributed by atoms with Crippen LogP contribution in [0.5, 0.6) is 0 Å². The van der Waals surface area contributed by atoms with Gasteiger partial charge in [0.05, 0.1) is 22.5 Å². The van der Waals surface area contributed by atoms with Crippen molar-refractivity contribution in [1.29, 1.82) is 0 Å². The van der Waals surface area contributed by atoms with Crippen molar-refractivity contribution in [3.05, 3.63) is 64.2 Å². The first kappa shape index (κ1) is 24.6. The molecule has 1 saturated carbocycles. The van der Waals surface area contributed by atoms with Crippen molar-refractivity contribution in [3.63, 3.8) is 0 Å². The Labute approximate surface area is 203 Å². The van der Waals surface area contributed by atoms with Crippen LogP contribution in [0, 0.1) is 5.41 Å². The largest absolute Gasteiger partial charge is 0.511 e. The smallest absolute Gasteiger partial charge is 0.328 e. The van der Waals surface area contributed by atoms with E-state index in [9.17, 15) is 24.6 Å². The van der Waals surface area contributed by atoms with Gasteiger partial charge in [-0.3, -0.25) is 14.6 Å². The number of carbonyl (C=O) groups is 3. The third-order valence-electron chi connectivity index (χ3n) is 6.69. The molecule has 2 atom stereocenters. The Morgan fingerprint density at radius 1 is 1.14 bits per heavy atom. The van der Waals surface area contributed by atoms with E-state index < -0.39 is 12.0 Å². The van der Waals surface area contributed by atoms with Gasteiger partial charge in [-0.25, -0.2) is 4.79 Å². The molecule has 4 rings (SSSR count). The van der Waals surface area contributed by atoms with Gasteiger partial charge in [-0.2, -0.15) is 0 Å². The second kappa shape index (κ2) is 9.60. The highest BCUT2D eigenvalue weighted by atomic mass is 16.5. The number of carboxylic acid groups (broad SMARTS) is 1. The van der Waals surface area contributed by atoms with Gasteiger partial charge in [0, 0.05) is 32.1 Å². The Morgan fingerprint density at radius 3 is 2.54 bits per heavy atom. The number of hydrogen-bond donors (Lipinski definition) is 2. The van der Waals surface area contributed by atoms with Gasteiger partial charge in [-0.15, -0.1) is 0 Å². The summed E-state index contributed by atoms with van der Waals surface area (Å²) in [5, 5.41) is 24.4. The minimum atomic E-state index is -1.11. The van der Waals surface area contributed by atoms with E-state index in [2.05, 4.69) is 10.1 Å². The van der Waals surface area contributed by atoms with Crippen LogP contribution in [0.15, 0.2) is 51.2 Å². The number of benzene rings is 1. The molecule has 2 unspecified atom stereocenters. The first-order valence-electron chi connectivity index (χ1n) is 11.9. The highest BCUT2D eigenvalue weighted by Crippen LogP contribution is 2.37. The van der Waals surface area contributed by atoms with Crippen molar-refractivity contribution in [1.82, 2.24) is 5.16 Å². The SMILES string of the molecule is CC(N=C1CC(c2ccccc2)CC(=O)/C1=C(\O)CCc1noc2c1C(=O)CC(C)(C)C2)C(=O)O. The zero-order chi connectivity index (χ0) is 25.3. The van der Waals surface area contributed by atoms with Crippen molar-refractivity contribution in [2.24, 2.45) is 10.4 Å². The van der Waals surface area contributed by atoms with Gasteiger partial charge in [0.2, 0.25) is 0 Å². The average molecular weight is 479 g/mol. The van der Waals surface area contributed by atoms with Gasteiger partial charge in [0.25, 0.3) is 0 Å². The summed E-state index contributed by atoms with van der Waals surface area (Å²) < 4.78 is 5.43. The van der Waals surface area contributed by atoms with E-state index in [-0.39, 0.29) is 53.5 Å². The number of aromatic nitrogens is 1. The summed E-state index contributed by atoms with van der Waals surface area (Å²) in [5.74, 6) is -1.18. The fraction of sp³-hybridized carbons (Fsp3) is 0.444. The van der Waals surface area contributed by atoms with Crippen LogP contribution in [0.4, 0.5) is 0 Å². The van der Waals surface area contributed by atoms with E-state index in [1.165, 1.54) is 6.92 Å². The van der Waals surface area contributed by atoms with Gasteiger partial charge < -0.3 is 14.7 Å². The van der Waals surface area contributed by atoms with Crippen molar-refractivity contribution in [2.75, 3.05) is 0 Å². The zero-order valence-corrected chi connectivity index (χ0v) is 20.2. The summed E-state index contributed by atoms with van der Waals surface area (Å²) in [4.78, 5) is 41.6. The quantitative estimate of drug-likeness (QED) is 0.457. The van der Waals surface area contributed by atoms with Crippen LogP contribution >= 0.6 is 0 Å². The maximum Gasteiger partial charge on any atom is 0.328 e. The number of allylic oxidation sites excluding steroid dienone is 2. The number of aliphatic carboxylic acids is 1. The van der Waals surface area contributed by atoms with E-state index in [0.29, 0.717) is 42.0 Å². The molecule has 0 amide bonds. The minimum absolute atomic E-state index is 0.0309. The van der Waals surface area contributed by atoms with Crippen LogP contribution in [0.1, 0.15) is 79.7 Å². The summed E-state index contributed by atoms with van der Waals surface area (Å²) >= 11 is 0. The second-order valence-electron chi connectivity index (χ2n) is 10.2. The van der Waals surface area contributed by atoms with Crippen molar-refractivity contribution < 1.29 is 29.1 Å². The number of aliphatic hydroxyl groups is 1. The molecule has 0 bridgehead atoms. The average Bonchev–Trinajstić information content (AvgIpc) is 3.19. The Balaban J connectivity index is 1.61. The van der Waals surface area contributed by atoms with Gasteiger partial charge in [0.15, 0.2) is 11.6 Å². The predicted octanol–water partition coefficient (Wildman–Crippen LogP) is 4.64. The second-order valence-corrected chi connectivity index (χ2v) is 10.2. The Bertz CT molecular complexity index is 1220. The van der Waals surface area contributed by atoms with Gasteiger partial charge in [-0.05, 0) is 30.2 Å². The molecule has 2 aliphatic rings. The lowest BCUT2D eigenvalue weighted by Gasteiger charge is -2.27. The topological polar surface area (TPSA) is 130 Å². The van der Waals surface area contributed by atoms with E-state index in [0.717, 1.165) is 5.56 Å². The van der Waals surface area contributed by atoms with Crippen molar-refractivity contribution in [2.45, 2.75) is 71.3 Å².